The lowest BCUT2D eigenvalue weighted by atomic mass is 9.93. The molecule has 0 unspecified atom stereocenters. The SMILES string of the molecule is CCOc1cc(NC(=NC)NCc2nc(C(C)(C)C)cs2)ccc1OC. The van der Waals surface area contributed by atoms with Gasteiger partial charge in [-0.2, -0.15) is 0 Å². The number of aromatic nitrogens is 1. The first kappa shape index (κ1) is 20.0. The molecule has 7 heteroatoms. The molecule has 142 valence electrons. The summed E-state index contributed by atoms with van der Waals surface area (Å²) >= 11 is 1.66. The van der Waals surface area contributed by atoms with Gasteiger partial charge in [-0.3, -0.25) is 4.99 Å². The van der Waals surface area contributed by atoms with Gasteiger partial charge in [0, 0.05) is 29.6 Å². The molecule has 0 saturated heterocycles. The van der Waals surface area contributed by atoms with Crippen molar-refractivity contribution in [2.75, 3.05) is 26.1 Å². The predicted octanol–water partition coefficient (Wildman–Crippen LogP) is 4.04. The molecular formula is C19H28N4O2S. The summed E-state index contributed by atoms with van der Waals surface area (Å²) in [6, 6.07) is 5.70. The minimum absolute atomic E-state index is 0.0629. The lowest BCUT2D eigenvalue weighted by Gasteiger charge is -2.15. The predicted molar refractivity (Wildman–Crippen MR) is 109 cm³/mol. The molecule has 2 rings (SSSR count). The Labute approximate surface area is 159 Å². The highest BCUT2D eigenvalue weighted by Crippen LogP contribution is 2.30. The highest BCUT2D eigenvalue weighted by molar-refractivity contribution is 7.09. The van der Waals surface area contributed by atoms with E-state index in [1.807, 2.05) is 25.1 Å². The average molecular weight is 377 g/mol. The maximum Gasteiger partial charge on any atom is 0.195 e. The second-order valence-electron chi connectivity index (χ2n) is 6.73. The molecule has 0 aliphatic rings. The molecule has 0 bridgehead atoms. The van der Waals surface area contributed by atoms with Crippen LogP contribution in [0.2, 0.25) is 0 Å². The van der Waals surface area contributed by atoms with Crippen molar-refractivity contribution in [1.82, 2.24) is 10.3 Å². The van der Waals surface area contributed by atoms with Gasteiger partial charge in [0.1, 0.15) is 5.01 Å². The standard InChI is InChI=1S/C19H28N4O2S/c1-7-25-15-10-13(8-9-14(15)24-6)22-18(20-5)21-11-17-23-16(12-26-17)19(2,3)4/h8-10,12H,7,11H2,1-6H3,(H2,20,21,22). The Morgan fingerprint density at radius 2 is 2.04 bits per heavy atom. The fourth-order valence-corrected chi connectivity index (χ4v) is 3.20. The van der Waals surface area contributed by atoms with Crippen molar-refractivity contribution in [1.29, 1.82) is 0 Å². The highest BCUT2D eigenvalue weighted by atomic mass is 32.1. The van der Waals surface area contributed by atoms with Crippen LogP contribution in [0, 0.1) is 0 Å². The van der Waals surface area contributed by atoms with Crippen LogP contribution >= 0.6 is 11.3 Å². The minimum atomic E-state index is 0.0629. The van der Waals surface area contributed by atoms with Crippen LogP contribution in [0.5, 0.6) is 11.5 Å². The van der Waals surface area contributed by atoms with Gasteiger partial charge < -0.3 is 20.1 Å². The summed E-state index contributed by atoms with van der Waals surface area (Å²) in [6.07, 6.45) is 0. The zero-order valence-electron chi connectivity index (χ0n) is 16.3. The fourth-order valence-electron chi connectivity index (χ4n) is 2.23. The molecule has 0 fully saturated rings. The van der Waals surface area contributed by atoms with Crippen molar-refractivity contribution >= 4 is 23.0 Å². The van der Waals surface area contributed by atoms with E-state index in [4.69, 9.17) is 14.5 Å². The molecule has 0 aliphatic heterocycles. The van der Waals surface area contributed by atoms with Gasteiger partial charge in [0.25, 0.3) is 0 Å². The number of ether oxygens (including phenoxy) is 2. The molecule has 0 radical (unpaired) electrons. The molecule has 6 nitrogen and oxygen atoms in total. The molecule has 26 heavy (non-hydrogen) atoms. The van der Waals surface area contributed by atoms with E-state index in [-0.39, 0.29) is 5.41 Å². The zero-order chi connectivity index (χ0) is 19.2. The Morgan fingerprint density at radius 1 is 1.27 bits per heavy atom. The molecule has 2 aromatic rings. The van der Waals surface area contributed by atoms with Gasteiger partial charge in [-0.15, -0.1) is 11.3 Å². The molecule has 0 aliphatic carbocycles. The number of aliphatic imine (C=N–C) groups is 1. The van der Waals surface area contributed by atoms with Crippen LogP contribution in [0.15, 0.2) is 28.6 Å². The van der Waals surface area contributed by atoms with Gasteiger partial charge in [0.05, 0.1) is 26.0 Å². The Hall–Kier alpha value is -2.28. The Kier molecular flexibility index (Phi) is 6.85. The topological polar surface area (TPSA) is 67.8 Å². The number of benzene rings is 1. The number of anilines is 1. The monoisotopic (exact) mass is 376 g/mol. The molecule has 0 saturated carbocycles. The van der Waals surface area contributed by atoms with E-state index in [0.29, 0.717) is 30.6 Å². The van der Waals surface area contributed by atoms with Gasteiger partial charge in [0.15, 0.2) is 17.5 Å². The number of methoxy groups -OCH3 is 1. The summed E-state index contributed by atoms with van der Waals surface area (Å²) in [4.78, 5) is 8.96. The van der Waals surface area contributed by atoms with Crippen molar-refractivity contribution in [3.8, 4) is 11.5 Å². The molecule has 1 aromatic heterocycles. The van der Waals surface area contributed by atoms with Crippen molar-refractivity contribution < 1.29 is 9.47 Å². The Bertz CT molecular complexity index is 750. The smallest absolute Gasteiger partial charge is 0.195 e. The number of hydrogen-bond acceptors (Lipinski definition) is 5. The number of hydrogen-bond donors (Lipinski definition) is 2. The molecule has 1 heterocycles. The third-order valence-corrected chi connectivity index (χ3v) is 4.53. The van der Waals surface area contributed by atoms with Gasteiger partial charge in [0.2, 0.25) is 0 Å². The van der Waals surface area contributed by atoms with Crippen LogP contribution in [0.3, 0.4) is 0 Å². The Morgan fingerprint density at radius 3 is 2.62 bits per heavy atom. The van der Waals surface area contributed by atoms with Gasteiger partial charge in [-0.25, -0.2) is 4.98 Å². The summed E-state index contributed by atoms with van der Waals surface area (Å²) in [5, 5.41) is 9.71. The Balaban J connectivity index is 2.01. The first-order valence-electron chi connectivity index (χ1n) is 8.60. The first-order chi connectivity index (χ1) is 12.4. The third kappa shape index (κ3) is 5.36. The van der Waals surface area contributed by atoms with Gasteiger partial charge in [-0.05, 0) is 19.1 Å². The van der Waals surface area contributed by atoms with Crippen molar-refractivity contribution in [3.63, 3.8) is 0 Å². The number of nitrogens with zero attached hydrogens (tertiary/aromatic N) is 2. The number of thiazole rings is 1. The fraction of sp³-hybridized carbons (Fsp3) is 0.474. The number of rotatable bonds is 6. The third-order valence-electron chi connectivity index (χ3n) is 3.68. The number of nitrogens with one attached hydrogen (secondary N) is 2. The van der Waals surface area contributed by atoms with E-state index in [1.165, 1.54) is 0 Å². The normalized spacial score (nSPS) is 12.0. The summed E-state index contributed by atoms with van der Waals surface area (Å²) in [5.74, 6) is 2.08. The van der Waals surface area contributed by atoms with E-state index < -0.39 is 0 Å². The highest BCUT2D eigenvalue weighted by Gasteiger charge is 2.17. The van der Waals surface area contributed by atoms with Crippen LogP contribution in [0.1, 0.15) is 38.4 Å². The first-order valence-corrected chi connectivity index (χ1v) is 9.48. The molecular weight excluding hydrogens is 348 g/mol. The minimum Gasteiger partial charge on any atom is -0.493 e. The molecule has 2 N–H and O–H groups in total. The lowest BCUT2D eigenvalue weighted by molar-refractivity contribution is 0.311. The molecule has 0 atom stereocenters. The van der Waals surface area contributed by atoms with E-state index in [2.05, 4.69) is 41.8 Å². The van der Waals surface area contributed by atoms with E-state index in [0.717, 1.165) is 16.4 Å². The largest absolute Gasteiger partial charge is 0.493 e. The molecule has 0 amide bonds. The van der Waals surface area contributed by atoms with Crippen LogP contribution in [0.25, 0.3) is 0 Å². The van der Waals surface area contributed by atoms with Crippen LogP contribution in [-0.4, -0.2) is 31.7 Å². The van der Waals surface area contributed by atoms with Gasteiger partial charge >= 0.3 is 0 Å². The second-order valence-corrected chi connectivity index (χ2v) is 7.67. The second kappa shape index (κ2) is 8.89. The van der Waals surface area contributed by atoms with E-state index in [9.17, 15) is 0 Å². The van der Waals surface area contributed by atoms with Crippen molar-refractivity contribution in [2.45, 2.75) is 39.7 Å². The average Bonchev–Trinajstić information content (AvgIpc) is 3.08. The summed E-state index contributed by atoms with van der Waals surface area (Å²) in [6.45, 7) is 9.64. The summed E-state index contributed by atoms with van der Waals surface area (Å²) in [5.41, 5.74) is 2.05. The van der Waals surface area contributed by atoms with Crippen LogP contribution in [0.4, 0.5) is 5.69 Å². The molecule has 1 aromatic carbocycles. The molecule has 0 spiro atoms. The van der Waals surface area contributed by atoms with Crippen LogP contribution < -0.4 is 20.1 Å². The summed E-state index contributed by atoms with van der Waals surface area (Å²) < 4.78 is 10.9. The maximum atomic E-state index is 5.61. The van der Waals surface area contributed by atoms with E-state index in [1.54, 1.807) is 25.5 Å². The van der Waals surface area contributed by atoms with Crippen LogP contribution in [-0.2, 0) is 12.0 Å². The lowest BCUT2D eigenvalue weighted by Crippen LogP contribution is -2.30. The van der Waals surface area contributed by atoms with E-state index >= 15 is 0 Å². The summed E-state index contributed by atoms with van der Waals surface area (Å²) in [7, 11) is 3.37. The van der Waals surface area contributed by atoms with Crippen molar-refractivity contribution in [2.24, 2.45) is 4.99 Å². The zero-order valence-corrected chi connectivity index (χ0v) is 17.2. The van der Waals surface area contributed by atoms with Crippen molar-refractivity contribution in [3.05, 3.63) is 34.3 Å². The quantitative estimate of drug-likeness (QED) is 0.588. The maximum absolute atomic E-state index is 5.61. The van der Waals surface area contributed by atoms with Gasteiger partial charge in [-0.1, -0.05) is 20.8 Å². The number of guanidine groups is 1.